The lowest BCUT2D eigenvalue weighted by Gasteiger charge is -2.26. The zero-order valence-corrected chi connectivity index (χ0v) is 37.9. The highest BCUT2D eigenvalue weighted by atomic mass is 16.5. The van der Waals surface area contributed by atoms with E-state index in [9.17, 15) is 9.59 Å². The molecule has 14 nitrogen and oxygen atoms in total. The second-order valence-corrected chi connectivity index (χ2v) is 16.3. The molecule has 0 spiro atoms. The molecular formula is C47H70N10O4. The van der Waals surface area contributed by atoms with E-state index in [0.29, 0.717) is 36.9 Å². The Balaban J connectivity index is 1.71. The van der Waals surface area contributed by atoms with Crippen molar-refractivity contribution in [2.45, 2.75) is 97.3 Å². The number of rotatable bonds is 26. The van der Waals surface area contributed by atoms with E-state index in [0.717, 1.165) is 103 Å². The number of aryl methyl sites for hydroxylation is 2. The van der Waals surface area contributed by atoms with Crippen molar-refractivity contribution in [1.29, 1.82) is 0 Å². The van der Waals surface area contributed by atoms with Gasteiger partial charge in [0.05, 0.1) is 18.4 Å². The number of unbranched alkanes of at least 4 members (excludes halogenated alkanes) is 4. The first-order valence-corrected chi connectivity index (χ1v) is 21.8. The molecule has 0 radical (unpaired) electrons. The third-order valence-electron chi connectivity index (χ3n) is 10.7. The molecule has 4 rings (SSSR count). The van der Waals surface area contributed by atoms with E-state index in [1.807, 2.05) is 100 Å². The second kappa shape index (κ2) is 24.8. The monoisotopic (exact) mass is 839 g/mol. The summed E-state index contributed by atoms with van der Waals surface area (Å²) < 4.78 is 11.9. The highest BCUT2D eigenvalue weighted by molar-refractivity contribution is 5.90. The zero-order valence-electron chi connectivity index (χ0n) is 37.9. The molecule has 0 aliphatic rings. The number of aromatic nitrogens is 4. The molecule has 2 atom stereocenters. The Kier molecular flexibility index (Phi) is 19.6. The van der Waals surface area contributed by atoms with Crippen LogP contribution in [0.15, 0.2) is 48.5 Å². The molecule has 2 heterocycles. The first kappa shape index (κ1) is 48.3. The lowest BCUT2D eigenvalue weighted by molar-refractivity contribution is -0.154. The van der Waals surface area contributed by atoms with E-state index >= 15 is 0 Å². The van der Waals surface area contributed by atoms with Gasteiger partial charge in [0.2, 0.25) is 11.9 Å². The van der Waals surface area contributed by atoms with Crippen LogP contribution in [0.2, 0.25) is 0 Å². The molecule has 0 aliphatic carbocycles. The maximum Gasteiger partial charge on any atom is 0.314 e. The summed E-state index contributed by atoms with van der Waals surface area (Å²) in [6.07, 6.45) is 8.27. The van der Waals surface area contributed by atoms with Gasteiger partial charge in [-0.25, -0.2) is 9.97 Å². The number of nitrogens with two attached hydrogens (primary N) is 2. The molecule has 2 aromatic heterocycles. The van der Waals surface area contributed by atoms with Crippen LogP contribution in [0, 0.1) is 13.8 Å². The number of carbonyl (C=O) groups excluding carboxylic acids is 2. The maximum atomic E-state index is 14.4. The summed E-state index contributed by atoms with van der Waals surface area (Å²) >= 11 is 0. The van der Waals surface area contributed by atoms with Crippen LogP contribution in [0.25, 0.3) is 0 Å². The van der Waals surface area contributed by atoms with Crippen LogP contribution in [0.1, 0.15) is 115 Å². The van der Waals surface area contributed by atoms with Crippen LogP contribution in [0.5, 0.6) is 0 Å². The lowest BCUT2D eigenvalue weighted by Crippen LogP contribution is -2.31. The van der Waals surface area contributed by atoms with E-state index in [1.165, 1.54) is 0 Å². The van der Waals surface area contributed by atoms with Crippen molar-refractivity contribution in [3.63, 3.8) is 0 Å². The highest BCUT2D eigenvalue weighted by Crippen LogP contribution is 2.37. The first-order chi connectivity index (χ1) is 29.3. The van der Waals surface area contributed by atoms with Crippen LogP contribution < -0.4 is 22.1 Å². The van der Waals surface area contributed by atoms with Crippen molar-refractivity contribution < 1.29 is 19.1 Å². The molecular weight excluding hydrogens is 769 g/mol. The van der Waals surface area contributed by atoms with Crippen LogP contribution in [-0.2, 0) is 31.9 Å². The molecule has 332 valence electrons. The largest absolute Gasteiger partial charge is 0.465 e. The third kappa shape index (κ3) is 15.3. The number of nitrogens with one attached hydrogen (secondary N) is 2. The molecule has 0 saturated carbocycles. The number of hydrogen-bond donors (Lipinski definition) is 4. The molecule has 2 aromatic carbocycles. The molecule has 61 heavy (non-hydrogen) atoms. The number of nitrogens with zero attached hydrogens (tertiary/aromatic N) is 6. The Morgan fingerprint density at radius 3 is 1.39 bits per heavy atom. The minimum absolute atomic E-state index is 0.173. The van der Waals surface area contributed by atoms with Gasteiger partial charge in [-0.3, -0.25) is 9.59 Å². The fraction of sp³-hybridized carbons (Fsp3) is 0.532. The van der Waals surface area contributed by atoms with Crippen molar-refractivity contribution in [2.75, 3.05) is 89.7 Å². The fourth-order valence-electron chi connectivity index (χ4n) is 7.20. The zero-order chi connectivity index (χ0) is 44.3. The number of anilines is 4. The Hall–Kier alpha value is -5.34. The van der Waals surface area contributed by atoms with Crippen molar-refractivity contribution in [3.8, 4) is 0 Å². The summed E-state index contributed by atoms with van der Waals surface area (Å²) in [4.78, 5) is 50.6. The predicted octanol–water partition coefficient (Wildman–Crippen LogP) is 6.90. The quantitative estimate of drug-likeness (QED) is 0.0378. The molecule has 0 fully saturated rings. The maximum absolute atomic E-state index is 14.4. The SMILES string of the molecule is CCCCCNc1nc(N)nc(C)c1Cc1ccc(C(C(=O)OCCCN(C)C)C(C(=O)OCCN(C)C)c2ccc(Cc3c(C)nc(N)nc3NCCCCC)cc2)cc1. The van der Waals surface area contributed by atoms with Crippen molar-refractivity contribution in [3.05, 3.63) is 93.3 Å². The summed E-state index contributed by atoms with van der Waals surface area (Å²) in [6, 6.07) is 15.6. The van der Waals surface area contributed by atoms with E-state index < -0.39 is 23.8 Å². The summed E-state index contributed by atoms with van der Waals surface area (Å²) in [5.41, 5.74) is 18.9. The molecule has 0 bridgehead atoms. The summed E-state index contributed by atoms with van der Waals surface area (Å²) in [5.74, 6) is -1.02. The van der Waals surface area contributed by atoms with Gasteiger partial charge >= 0.3 is 11.9 Å². The Bertz CT molecular complexity index is 1970. The summed E-state index contributed by atoms with van der Waals surface area (Å²) in [7, 11) is 7.79. The van der Waals surface area contributed by atoms with Gasteiger partial charge in [-0.05, 0) is 83.6 Å². The highest BCUT2D eigenvalue weighted by Gasteiger charge is 2.39. The molecule has 6 N–H and O–H groups in total. The van der Waals surface area contributed by atoms with Gasteiger partial charge in [0.25, 0.3) is 0 Å². The van der Waals surface area contributed by atoms with Gasteiger partial charge in [0.1, 0.15) is 18.2 Å². The van der Waals surface area contributed by atoms with Crippen molar-refractivity contribution >= 4 is 35.5 Å². The normalized spacial score (nSPS) is 12.4. The Morgan fingerprint density at radius 2 is 1.00 bits per heavy atom. The first-order valence-electron chi connectivity index (χ1n) is 21.8. The Morgan fingerprint density at radius 1 is 0.590 bits per heavy atom. The number of likely N-dealkylation sites (N-methyl/N-ethyl adjacent to an activating group) is 1. The number of ether oxygens (including phenoxy) is 2. The number of nitrogen functional groups attached to an aromatic ring is 2. The standard InChI is InChI=1S/C47H70N10O4/c1-9-11-13-24-50-42-38(32(3)52-46(48)54-42)30-34-16-20-36(21-17-34)40(44(58)60-28-15-26-56(5)6)41(45(59)61-29-27-57(7)8)37-22-18-35(19-23-37)31-39-33(4)53-47(49)55-43(39)51-25-14-12-10-2/h16-23,40-41H,9-15,24-31H2,1-8H3,(H3,48,50,52,54)(H3,49,51,53,55). The number of hydrogen-bond acceptors (Lipinski definition) is 14. The average molecular weight is 839 g/mol. The van der Waals surface area contributed by atoms with Crippen molar-refractivity contribution in [1.82, 2.24) is 29.7 Å². The van der Waals surface area contributed by atoms with E-state index in [1.54, 1.807) is 0 Å². The van der Waals surface area contributed by atoms with Gasteiger partial charge in [0.15, 0.2) is 0 Å². The molecule has 4 aromatic rings. The summed E-state index contributed by atoms with van der Waals surface area (Å²) in [5, 5.41) is 6.94. The second-order valence-electron chi connectivity index (χ2n) is 16.3. The van der Waals surface area contributed by atoms with Crippen LogP contribution >= 0.6 is 0 Å². The number of benzene rings is 2. The third-order valence-corrected chi connectivity index (χ3v) is 10.7. The van der Waals surface area contributed by atoms with E-state index in [2.05, 4.69) is 44.4 Å². The fourth-order valence-corrected chi connectivity index (χ4v) is 7.20. The van der Waals surface area contributed by atoms with Gasteiger partial charge in [-0.2, -0.15) is 9.97 Å². The molecule has 0 saturated heterocycles. The van der Waals surface area contributed by atoms with Gasteiger partial charge in [0, 0.05) is 61.5 Å². The predicted molar refractivity (Wildman–Crippen MR) is 246 cm³/mol. The van der Waals surface area contributed by atoms with Crippen LogP contribution in [-0.4, -0.2) is 109 Å². The Labute approximate surface area is 363 Å². The van der Waals surface area contributed by atoms with Crippen LogP contribution in [0.4, 0.5) is 23.5 Å². The topological polar surface area (TPSA) is 187 Å². The molecule has 0 amide bonds. The summed E-state index contributed by atoms with van der Waals surface area (Å²) in [6.45, 7) is 11.5. The van der Waals surface area contributed by atoms with Gasteiger partial charge in [-0.1, -0.05) is 88.1 Å². The minimum Gasteiger partial charge on any atom is -0.465 e. The number of esters is 2. The van der Waals surface area contributed by atoms with Crippen molar-refractivity contribution in [2.24, 2.45) is 0 Å². The minimum atomic E-state index is -0.979. The van der Waals surface area contributed by atoms with E-state index in [4.69, 9.17) is 20.9 Å². The van der Waals surface area contributed by atoms with Crippen LogP contribution in [0.3, 0.4) is 0 Å². The lowest BCUT2D eigenvalue weighted by atomic mass is 9.80. The van der Waals surface area contributed by atoms with E-state index in [-0.39, 0.29) is 25.1 Å². The molecule has 2 unspecified atom stereocenters. The van der Waals surface area contributed by atoms with Gasteiger partial charge < -0.3 is 41.4 Å². The average Bonchev–Trinajstić information content (AvgIpc) is 3.21. The molecule has 0 aliphatic heterocycles. The smallest absolute Gasteiger partial charge is 0.314 e. The number of carbonyl (C=O) groups is 2. The van der Waals surface area contributed by atoms with Gasteiger partial charge in [-0.15, -0.1) is 0 Å². The molecule has 14 heteroatoms.